The molecule has 0 radical (unpaired) electrons. The Bertz CT molecular complexity index is 931. The van der Waals surface area contributed by atoms with Gasteiger partial charge in [-0.2, -0.15) is 5.26 Å². The first-order chi connectivity index (χ1) is 11.5. The van der Waals surface area contributed by atoms with Crippen molar-refractivity contribution in [2.24, 2.45) is 0 Å². The van der Waals surface area contributed by atoms with E-state index >= 15 is 0 Å². The Labute approximate surface area is 137 Å². The number of hydrogen-bond acceptors (Lipinski definition) is 1. The topological polar surface area (TPSA) is 23.8 Å². The molecule has 0 amide bonds. The maximum atomic E-state index is 14.4. The van der Waals surface area contributed by atoms with Crippen molar-refractivity contribution in [3.63, 3.8) is 0 Å². The van der Waals surface area contributed by atoms with Crippen molar-refractivity contribution >= 4 is 0 Å². The minimum absolute atomic E-state index is 0.0527. The third kappa shape index (κ3) is 2.89. The van der Waals surface area contributed by atoms with E-state index in [0.29, 0.717) is 5.56 Å². The zero-order valence-corrected chi connectivity index (χ0v) is 12.8. The molecule has 0 unspecified atom stereocenters. The van der Waals surface area contributed by atoms with Gasteiger partial charge in [0.25, 0.3) is 0 Å². The Kier molecular flexibility index (Phi) is 4.09. The molecular formula is C20H12F3N. The predicted octanol–water partition coefficient (Wildman–Crippen LogP) is 5.62. The first-order valence-electron chi connectivity index (χ1n) is 7.25. The molecule has 0 aliphatic carbocycles. The van der Waals surface area contributed by atoms with Gasteiger partial charge in [0.05, 0.1) is 0 Å². The molecule has 0 spiro atoms. The second-order valence-corrected chi connectivity index (χ2v) is 5.49. The van der Waals surface area contributed by atoms with E-state index < -0.39 is 23.0 Å². The van der Waals surface area contributed by atoms with Crippen LogP contribution in [0.4, 0.5) is 13.2 Å². The van der Waals surface area contributed by atoms with Crippen molar-refractivity contribution < 1.29 is 13.2 Å². The molecule has 0 heterocycles. The molecule has 4 heteroatoms. The van der Waals surface area contributed by atoms with Gasteiger partial charge in [0.2, 0.25) is 0 Å². The average Bonchev–Trinajstić information content (AvgIpc) is 2.55. The Balaban J connectivity index is 2.05. The van der Waals surface area contributed by atoms with Gasteiger partial charge in [-0.1, -0.05) is 42.0 Å². The van der Waals surface area contributed by atoms with Crippen LogP contribution in [0.1, 0.15) is 11.1 Å². The maximum absolute atomic E-state index is 14.4. The Hall–Kier alpha value is -3.06. The van der Waals surface area contributed by atoms with Gasteiger partial charge in [0, 0.05) is 5.56 Å². The number of benzene rings is 3. The molecule has 0 aromatic heterocycles. The summed E-state index contributed by atoms with van der Waals surface area (Å²) < 4.78 is 41.9. The van der Waals surface area contributed by atoms with Gasteiger partial charge < -0.3 is 0 Å². The van der Waals surface area contributed by atoms with E-state index in [-0.39, 0.29) is 11.1 Å². The molecule has 3 aromatic rings. The van der Waals surface area contributed by atoms with Crippen LogP contribution < -0.4 is 0 Å². The average molecular weight is 323 g/mol. The minimum Gasteiger partial charge on any atom is -0.206 e. The van der Waals surface area contributed by atoms with Gasteiger partial charge in [0.15, 0.2) is 0 Å². The molecule has 0 saturated carbocycles. The lowest BCUT2D eigenvalue weighted by Crippen LogP contribution is -1.94. The maximum Gasteiger partial charge on any atom is 0.144 e. The molecular weight excluding hydrogens is 311 g/mol. The van der Waals surface area contributed by atoms with E-state index in [1.54, 1.807) is 6.07 Å². The summed E-state index contributed by atoms with van der Waals surface area (Å²) >= 11 is 0. The molecule has 0 bridgehead atoms. The molecule has 3 aromatic carbocycles. The summed E-state index contributed by atoms with van der Waals surface area (Å²) in [4.78, 5) is 0. The SMILES string of the molecule is Cc1ccc(-c2ccc(-c3cc(F)c(C#N)c(F)c3)c(F)c2)cc1. The number of rotatable bonds is 2. The number of nitrogens with zero attached hydrogens (tertiary/aromatic N) is 1. The number of nitriles is 1. The summed E-state index contributed by atoms with van der Waals surface area (Å²) in [6, 6.07) is 15.5. The van der Waals surface area contributed by atoms with E-state index in [2.05, 4.69) is 0 Å². The quantitative estimate of drug-likeness (QED) is 0.600. The normalized spacial score (nSPS) is 10.5. The van der Waals surface area contributed by atoms with E-state index in [1.807, 2.05) is 31.2 Å². The third-order valence-corrected chi connectivity index (χ3v) is 3.82. The van der Waals surface area contributed by atoms with Crippen LogP contribution in [-0.2, 0) is 0 Å². The molecule has 0 N–H and O–H groups in total. The number of aryl methyl sites for hydroxylation is 1. The zero-order chi connectivity index (χ0) is 17.3. The standard InChI is InChI=1S/C20H12F3N/c1-12-2-4-13(5-3-12)14-6-7-16(18(21)8-14)15-9-19(22)17(11-24)20(23)10-15/h2-10H,1H3. The van der Waals surface area contributed by atoms with Crippen LogP contribution in [0.5, 0.6) is 0 Å². The Morgan fingerprint density at radius 2 is 1.25 bits per heavy atom. The van der Waals surface area contributed by atoms with Crippen molar-refractivity contribution in [2.45, 2.75) is 6.92 Å². The first kappa shape index (κ1) is 15.8. The van der Waals surface area contributed by atoms with E-state index in [9.17, 15) is 13.2 Å². The van der Waals surface area contributed by atoms with Gasteiger partial charge in [-0.15, -0.1) is 0 Å². The molecule has 0 aliphatic rings. The Morgan fingerprint density at radius 3 is 1.79 bits per heavy atom. The molecule has 3 rings (SSSR count). The van der Waals surface area contributed by atoms with Crippen molar-refractivity contribution in [3.8, 4) is 28.3 Å². The first-order valence-corrected chi connectivity index (χ1v) is 7.25. The third-order valence-electron chi connectivity index (χ3n) is 3.82. The fourth-order valence-corrected chi connectivity index (χ4v) is 2.51. The number of halogens is 3. The lowest BCUT2D eigenvalue weighted by molar-refractivity contribution is 0.577. The fourth-order valence-electron chi connectivity index (χ4n) is 2.51. The van der Waals surface area contributed by atoms with Gasteiger partial charge >= 0.3 is 0 Å². The molecule has 0 atom stereocenters. The van der Waals surface area contributed by atoms with Crippen LogP contribution in [0.25, 0.3) is 22.3 Å². The second-order valence-electron chi connectivity index (χ2n) is 5.49. The predicted molar refractivity (Wildman–Crippen MR) is 86.6 cm³/mol. The summed E-state index contributed by atoms with van der Waals surface area (Å²) in [6.07, 6.45) is 0. The smallest absolute Gasteiger partial charge is 0.144 e. The fraction of sp³-hybridized carbons (Fsp3) is 0.0500. The van der Waals surface area contributed by atoms with Gasteiger partial charge in [0.1, 0.15) is 29.1 Å². The van der Waals surface area contributed by atoms with Crippen molar-refractivity contribution in [1.82, 2.24) is 0 Å². The Morgan fingerprint density at radius 1 is 0.708 bits per heavy atom. The van der Waals surface area contributed by atoms with Crippen LogP contribution >= 0.6 is 0 Å². The van der Waals surface area contributed by atoms with Crippen LogP contribution in [0.3, 0.4) is 0 Å². The summed E-state index contributed by atoms with van der Waals surface area (Å²) in [5.41, 5.74) is 2.08. The molecule has 0 fully saturated rings. The highest BCUT2D eigenvalue weighted by molar-refractivity contribution is 5.71. The minimum atomic E-state index is -1.01. The van der Waals surface area contributed by atoms with Crippen LogP contribution in [0, 0.1) is 35.7 Å². The summed E-state index contributed by atoms with van der Waals surface area (Å²) in [5, 5.41) is 8.69. The van der Waals surface area contributed by atoms with Gasteiger partial charge in [-0.05, 0) is 41.8 Å². The van der Waals surface area contributed by atoms with Gasteiger partial charge in [-0.25, -0.2) is 13.2 Å². The summed E-state index contributed by atoms with van der Waals surface area (Å²) in [5.74, 6) is -2.60. The van der Waals surface area contributed by atoms with Crippen molar-refractivity contribution in [3.05, 3.63) is 83.2 Å². The lowest BCUT2D eigenvalue weighted by Gasteiger charge is -2.08. The van der Waals surface area contributed by atoms with Crippen LogP contribution in [0.15, 0.2) is 54.6 Å². The van der Waals surface area contributed by atoms with Crippen molar-refractivity contribution in [2.75, 3.05) is 0 Å². The molecule has 118 valence electrons. The van der Waals surface area contributed by atoms with Gasteiger partial charge in [-0.3, -0.25) is 0 Å². The van der Waals surface area contributed by atoms with E-state index in [0.717, 1.165) is 23.3 Å². The van der Waals surface area contributed by atoms with Crippen LogP contribution in [-0.4, -0.2) is 0 Å². The highest BCUT2D eigenvalue weighted by Crippen LogP contribution is 2.30. The summed E-state index contributed by atoms with van der Waals surface area (Å²) in [6.45, 7) is 1.96. The second kappa shape index (κ2) is 6.21. The van der Waals surface area contributed by atoms with Crippen molar-refractivity contribution in [1.29, 1.82) is 5.26 Å². The van der Waals surface area contributed by atoms with E-state index in [4.69, 9.17) is 5.26 Å². The van der Waals surface area contributed by atoms with Crippen LogP contribution in [0.2, 0.25) is 0 Å². The molecule has 0 aliphatic heterocycles. The van der Waals surface area contributed by atoms with E-state index in [1.165, 1.54) is 18.2 Å². The highest BCUT2D eigenvalue weighted by Gasteiger charge is 2.14. The highest BCUT2D eigenvalue weighted by atomic mass is 19.1. The molecule has 0 saturated heterocycles. The monoisotopic (exact) mass is 323 g/mol. The lowest BCUT2D eigenvalue weighted by atomic mass is 9.98. The zero-order valence-electron chi connectivity index (χ0n) is 12.8. The largest absolute Gasteiger partial charge is 0.206 e. The molecule has 1 nitrogen and oxygen atoms in total. The number of hydrogen-bond donors (Lipinski definition) is 0. The molecule has 24 heavy (non-hydrogen) atoms. The summed E-state index contributed by atoms with van der Waals surface area (Å²) in [7, 11) is 0.